The highest BCUT2D eigenvalue weighted by molar-refractivity contribution is 5.96. The summed E-state index contributed by atoms with van der Waals surface area (Å²) in [5.74, 6) is -4.56. The Hall–Kier alpha value is -3.23. The summed E-state index contributed by atoms with van der Waals surface area (Å²) < 4.78 is 0. The Morgan fingerprint density at radius 2 is 1.86 bits per heavy atom. The van der Waals surface area contributed by atoms with Crippen LogP contribution in [-0.4, -0.2) is 33.9 Å². The fourth-order valence-electron chi connectivity index (χ4n) is 1.82. The number of rotatable bonds is 6. The van der Waals surface area contributed by atoms with Crippen LogP contribution in [0.2, 0.25) is 0 Å². The second-order valence-corrected chi connectivity index (χ2v) is 4.33. The fourth-order valence-corrected chi connectivity index (χ4v) is 1.82. The van der Waals surface area contributed by atoms with Crippen molar-refractivity contribution >= 4 is 34.6 Å². The molecule has 0 fully saturated rings. The number of nitrogens with one attached hydrogen (secondary N) is 1. The molecule has 2 aromatic rings. The number of carbonyl (C=O) groups excluding carboxylic acids is 3. The van der Waals surface area contributed by atoms with Crippen LogP contribution >= 0.6 is 0 Å². The Morgan fingerprint density at radius 1 is 1.14 bits per heavy atom. The molecule has 1 atom stereocenters. The van der Waals surface area contributed by atoms with E-state index < -0.39 is 30.4 Å². The van der Waals surface area contributed by atoms with E-state index in [1.54, 1.807) is 0 Å². The Kier molecular flexibility index (Phi) is 4.16. The quantitative estimate of drug-likeness (QED) is 0.575. The second kappa shape index (κ2) is 6.04. The van der Waals surface area contributed by atoms with Gasteiger partial charge in [-0.3, -0.25) is 0 Å². The molecule has 0 saturated heterocycles. The van der Waals surface area contributed by atoms with Gasteiger partial charge >= 0.3 is 0 Å². The molecule has 0 unspecified atom stereocenters. The van der Waals surface area contributed by atoms with Crippen molar-refractivity contribution in [2.24, 2.45) is 0 Å². The number of carbonyl (C=O) groups is 3. The average molecular weight is 302 g/mol. The van der Waals surface area contributed by atoms with Crippen LogP contribution in [0.25, 0.3) is 10.9 Å². The van der Waals surface area contributed by atoms with Gasteiger partial charge in [0.05, 0.1) is 23.5 Å². The van der Waals surface area contributed by atoms with Crippen LogP contribution in [0.4, 0.5) is 5.82 Å². The number of carboxylic acids is 3. The minimum absolute atomic E-state index is 0.0327. The topological polar surface area (TPSA) is 158 Å². The van der Waals surface area contributed by atoms with Gasteiger partial charge in [0.2, 0.25) is 0 Å². The second-order valence-electron chi connectivity index (χ2n) is 4.33. The Morgan fingerprint density at radius 3 is 2.45 bits per heavy atom. The SMILES string of the molecule is O=C([O-])C[C@H](Nc1ncnc2cc(C(=O)[O-])ccc12)C(=O)[O-]. The third kappa shape index (κ3) is 3.26. The molecule has 1 N–H and O–H groups in total. The van der Waals surface area contributed by atoms with E-state index in [-0.39, 0.29) is 16.9 Å². The Balaban J connectivity index is 2.40. The molecule has 2 rings (SSSR count). The molecule has 1 aromatic carbocycles. The van der Waals surface area contributed by atoms with Crippen molar-refractivity contribution in [1.29, 1.82) is 0 Å². The first-order chi connectivity index (χ1) is 10.4. The lowest BCUT2D eigenvalue weighted by molar-refractivity contribution is -0.316. The van der Waals surface area contributed by atoms with Crippen molar-refractivity contribution in [2.45, 2.75) is 12.5 Å². The van der Waals surface area contributed by atoms with Gasteiger partial charge in [0.25, 0.3) is 0 Å². The van der Waals surface area contributed by atoms with Gasteiger partial charge in [0.1, 0.15) is 12.1 Å². The molecule has 9 heteroatoms. The van der Waals surface area contributed by atoms with Crippen LogP contribution < -0.4 is 20.6 Å². The number of anilines is 1. The van der Waals surface area contributed by atoms with E-state index in [9.17, 15) is 29.7 Å². The lowest BCUT2D eigenvalue weighted by Crippen LogP contribution is -2.44. The molecule has 1 heterocycles. The normalized spacial score (nSPS) is 11.8. The summed E-state index contributed by atoms with van der Waals surface area (Å²) in [7, 11) is 0. The molecule has 1 aromatic heterocycles. The predicted octanol–water partition coefficient (Wildman–Crippen LogP) is -3.34. The highest BCUT2D eigenvalue weighted by atomic mass is 16.4. The number of nitrogens with zero attached hydrogens (tertiary/aromatic N) is 2. The van der Waals surface area contributed by atoms with Crippen LogP contribution in [0.5, 0.6) is 0 Å². The van der Waals surface area contributed by atoms with Gasteiger partial charge in [-0.25, -0.2) is 9.97 Å². The van der Waals surface area contributed by atoms with Gasteiger partial charge in [-0.15, -0.1) is 0 Å². The Labute approximate surface area is 123 Å². The van der Waals surface area contributed by atoms with Crippen LogP contribution in [0.3, 0.4) is 0 Å². The van der Waals surface area contributed by atoms with Crippen LogP contribution in [0.15, 0.2) is 24.5 Å². The molecule has 0 aliphatic heterocycles. The number of hydrogen-bond donors (Lipinski definition) is 1. The van der Waals surface area contributed by atoms with Crippen molar-refractivity contribution in [2.75, 3.05) is 5.32 Å². The van der Waals surface area contributed by atoms with Crippen LogP contribution in [-0.2, 0) is 9.59 Å². The zero-order chi connectivity index (χ0) is 16.3. The van der Waals surface area contributed by atoms with Gasteiger partial charge in [0, 0.05) is 17.8 Å². The molecule has 114 valence electrons. The smallest absolute Gasteiger partial charge is 0.137 e. The molecule has 9 nitrogen and oxygen atoms in total. The number of hydrogen-bond acceptors (Lipinski definition) is 9. The number of fused-ring (bicyclic) bond motifs is 1. The molecule has 0 saturated carbocycles. The molecular formula is C13H8N3O6-3. The molecule has 0 aliphatic carbocycles. The molecule has 22 heavy (non-hydrogen) atoms. The van der Waals surface area contributed by atoms with Gasteiger partial charge < -0.3 is 35.0 Å². The fraction of sp³-hybridized carbons (Fsp3) is 0.154. The van der Waals surface area contributed by atoms with Crippen molar-refractivity contribution in [3.63, 3.8) is 0 Å². The average Bonchev–Trinajstić information content (AvgIpc) is 2.45. The van der Waals surface area contributed by atoms with E-state index in [4.69, 9.17) is 0 Å². The van der Waals surface area contributed by atoms with E-state index in [2.05, 4.69) is 15.3 Å². The summed E-state index contributed by atoms with van der Waals surface area (Å²) in [5.41, 5.74) is 0.119. The lowest BCUT2D eigenvalue weighted by Gasteiger charge is -2.21. The third-order valence-electron chi connectivity index (χ3n) is 2.84. The van der Waals surface area contributed by atoms with E-state index in [1.165, 1.54) is 18.2 Å². The number of aliphatic carboxylic acids is 2. The van der Waals surface area contributed by atoms with E-state index in [0.717, 1.165) is 6.33 Å². The van der Waals surface area contributed by atoms with Crippen molar-refractivity contribution in [3.05, 3.63) is 30.1 Å². The molecule has 0 spiro atoms. The van der Waals surface area contributed by atoms with Crippen LogP contribution in [0.1, 0.15) is 16.8 Å². The highest BCUT2D eigenvalue weighted by Gasteiger charge is 2.13. The van der Waals surface area contributed by atoms with Gasteiger partial charge in [-0.2, -0.15) is 0 Å². The van der Waals surface area contributed by atoms with Crippen molar-refractivity contribution < 1.29 is 29.7 Å². The monoisotopic (exact) mass is 302 g/mol. The largest absolute Gasteiger partial charge is 0.550 e. The molecule has 0 amide bonds. The summed E-state index contributed by atoms with van der Waals surface area (Å²) in [6, 6.07) is 2.26. The predicted molar refractivity (Wildman–Crippen MR) is 65.9 cm³/mol. The zero-order valence-corrected chi connectivity index (χ0v) is 10.9. The molecule has 0 aliphatic rings. The zero-order valence-electron chi connectivity index (χ0n) is 10.9. The first kappa shape index (κ1) is 15.2. The van der Waals surface area contributed by atoms with Gasteiger partial charge in [-0.1, -0.05) is 6.07 Å². The summed E-state index contributed by atoms with van der Waals surface area (Å²) in [6.45, 7) is 0. The maximum atomic E-state index is 10.9. The Bertz CT molecular complexity index is 761. The maximum absolute atomic E-state index is 10.9. The van der Waals surface area contributed by atoms with Gasteiger partial charge in [-0.05, 0) is 17.7 Å². The van der Waals surface area contributed by atoms with Crippen molar-refractivity contribution in [1.82, 2.24) is 9.97 Å². The van der Waals surface area contributed by atoms with Crippen molar-refractivity contribution in [3.8, 4) is 0 Å². The standard InChI is InChI=1S/C13H11N3O6/c17-10(18)4-9(13(21)22)16-11-7-2-1-6(12(19)20)3-8(7)14-5-15-11/h1-3,5,9H,4H2,(H,17,18)(H,19,20)(H,21,22)(H,14,15,16)/p-3/t9-/m0/s1. The highest BCUT2D eigenvalue weighted by Crippen LogP contribution is 2.21. The van der Waals surface area contributed by atoms with E-state index >= 15 is 0 Å². The van der Waals surface area contributed by atoms with Gasteiger partial charge in [0.15, 0.2) is 0 Å². The first-order valence-corrected chi connectivity index (χ1v) is 6.02. The number of benzene rings is 1. The third-order valence-corrected chi connectivity index (χ3v) is 2.84. The molecule has 0 bridgehead atoms. The number of carboxylic acid groups (broad SMARTS) is 3. The summed E-state index contributed by atoms with van der Waals surface area (Å²) in [6.07, 6.45) is 0.264. The summed E-state index contributed by atoms with van der Waals surface area (Å²) >= 11 is 0. The minimum Gasteiger partial charge on any atom is -0.550 e. The minimum atomic E-state index is -1.64. The lowest BCUT2D eigenvalue weighted by atomic mass is 10.1. The number of aromatic carboxylic acids is 1. The van der Waals surface area contributed by atoms with Crippen LogP contribution in [0, 0.1) is 0 Å². The maximum Gasteiger partial charge on any atom is 0.137 e. The van der Waals surface area contributed by atoms with E-state index in [0.29, 0.717) is 5.39 Å². The first-order valence-electron chi connectivity index (χ1n) is 6.02. The van der Waals surface area contributed by atoms with E-state index in [1.807, 2.05) is 0 Å². The summed E-state index contributed by atoms with van der Waals surface area (Å²) in [5, 5.41) is 35.0. The molecule has 0 radical (unpaired) electrons. The molecular weight excluding hydrogens is 294 g/mol. The number of aromatic nitrogens is 2. The summed E-state index contributed by atoms with van der Waals surface area (Å²) in [4.78, 5) is 39.9.